The lowest BCUT2D eigenvalue weighted by molar-refractivity contribution is 0.500. The lowest BCUT2D eigenvalue weighted by atomic mass is 9.81. The highest BCUT2D eigenvalue weighted by Crippen LogP contribution is 2.10. The third-order valence-corrected chi connectivity index (χ3v) is 1.79. The maximum absolute atomic E-state index is 12.2. The Kier molecular flexibility index (Phi) is 2.17. The molecule has 6 heteroatoms. The van der Waals surface area contributed by atoms with Crippen LogP contribution in [0, 0.1) is 6.92 Å². The second kappa shape index (κ2) is 2.84. The van der Waals surface area contributed by atoms with E-state index < -0.39 is 12.4 Å². The van der Waals surface area contributed by atoms with Crippen molar-refractivity contribution < 1.29 is 12.9 Å². The second-order valence-corrected chi connectivity index (χ2v) is 2.58. The highest BCUT2D eigenvalue weighted by atomic mass is 19.4. The zero-order valence-electron chi connectivity index (χ0n) is 6.89. The van der Waals surface area contributed by atoms with E-state index >= 15 is 0 Å². The summed E-state index contributed by atoms with van der Waals surface area (Å²) in [6.07, 6.45) is 0.888. The van der Waals surface area contributed by atoms with Gasteiger partial charge in [-0.1, -0.05) is 5.46 Å². The fourth-order valence-corrected chi connectivity index (χ4v) is 1.10. The van der Waals surface area contributed by atoms with E-state index in [2.05, 4.69) is 5.10 Å². The Hall–Kier alpha value is -0.935. The minimum atomic E-state index is -4.90. The van der Waals surface area contributed by atoms with Crippen LogP contribution < -0.4 is 5.46 Å². The van der Waals surface area contributed by atoms with E-state index in [-0.39, 0.29) is 5.69 Å². The smallest absolute Gasteiger partial charge is 0.445 e. The van der Waals surface area contributed by atoms with Crippen LogP contribution >= 0.6 is 0 Å². The summed E-state index contributed by atoms with van der Waals surface area (Å²) in [5.74, 6) is 0. The molecule has 0 aliphatic rings. The molecule has 0 saturated heterocycles. The SMILES string of the molecule is CCn1ncc([B-](F)(F)F)c1C. The van der Waals surface area contributed by atoms with Crippen molar-refractivity contribution in [3.63, 3.8) is 0 Å². The molecule has 0 aliphatic carbocycles. The molecule has 1 heterocycles. The van der Waals surface area contributed by atoms with Gasteiger partial charge in [0.15, 0.2) is 0 Å². The Labute approximate surface area is 68.4 Å². The van der Waals surface area contributed by atoms with Gasteiger partial charge in [0.1, 0.15) is 0 Å². The first-order chi connectivity index (χ1) is 5.46. The van der Waals surface area contributed by atoms with Gasteiger partial charge >= 0.3 is 6.98 Å². The van der Waals surface area contributed by atoms with E-state index in [0.717, 1.165) is 6.20 Å². The predicted octanol–water partition coefficient (Wildman–Crippen LogP) is 1.27. The molecule has 0 unspecified atom stereocenters. The van der Waals surface area contributed by atoms with E-state index in [1.54, 1.807) is 6.92 Å². The fraction of sp³-hybridized carbons (Fsp3) is 0.500. The van der Waals surface area contributed by atoms with Crippen LogP contribution in [0.3, 0.4) is 0 Å². The molecule has 0 aromatic carbocycles. The molecular formula is C6H9BF3N2-. The number of hydrogen-bond acceptors (Lipinski definition) is 1. The molecule has 0 aliphatic heterocycles. The lowest BCUT2D eigenvalue weighted by Crippen LogP contribution is -2.35. The minimum absolute atomic E-state index is 0.199. The van der Waals surface area contributed by atoms with Crippen LogP contribution in [0.4, 0.5) is 12.9 Å². The zero-order chi connectivity index (χ0) is 9.35. The van der Waals surface area contributed by atoms with Gasteiger partial charge in [-0.15, -0.1) is 0 Å². The van der Waals surface area contributed by atoms with Crippen molar-refractivity contribution in [2.45, 2.75) is 20.4 Å². The summed E-state index contributed by atoms with van der Waals surface area (Å²) in [6, 6.07) is 0. The van der Waals surface area contributed by atoms with Gasteiger partial charge in [-0.3, -0.25) is 4.68 Å². The summed E-state index contributed by atoms with van der Waals surface area (Å²) in [4.78, 5) is 0. The number of halogens is 3. The standard InChI is InChI=1S/C6H9BF3N2/c1-3-12-5(2)6(4-11-12)7(8,9)10/h4H,3H2,1-2H3/q-1. The van der Waals surface area contributed by atoms with Crippen molar-refractivity contribution in [1.29, 1.82) is 0 Å². The van der Waals surface area contributed by atoms with Gasteiger partial charge in [-0.25, -0.2) is 0 Å². The summed E-state index contributed by atoms with van der Waals surface area (Å²) in [5, 5.41) is 3.61. The molecule has 2 nitrogen and oxygen atoms in total. The molecule has 0 N–H and O–H groups in total. The molecule has 12 heavy (non-hydrogen) atoms. The van der Waals surface area contributed by atoms with Crippen molar-refractivity contribution in [3.05, 3.63) is 11.9 Å². The number of rotatable bonds is 2. The largest absolute Gasteiger partial charge is 0.512 e. The highest BCUT2D eigenvalue weighted by molar-refractivity contribution is 6.73. The highest BCUT2D eigenvalue weighted by Gasteiger charge is 2.29. The van der Waals surface area contributed by atoms with Gasteiger partial charge in [0.2, 0.25) is 0 Å². The molecule has 0 spiro atoms. The van der Waals surface area contributed by atoms with Crippen LogP contribution in [-0.2, 0) is 6.54 Å². The van der Waals surface area contributed by atoms with E-state index in [0.29, 0.717) is 6.54 Å². The van der Waals surface area contributed by atoms with Crippen LogP contribution in [0.5, 0.6) is 0 Å². The Morgan fingerprint density at radius 3 is 2.33 bits per heavy atom. The van der Waals surface area contributed by atoms with Crippen molar-refractivity contribution in [2.24, 2.45) is 0 Å². The van der Waals surface area contributed by atoms with E-state index in [1.807, 2.05) is 0 Å². The van der Waals surface area contributed by atoms with E-state index in [9.17, 15) is 12.9 Å². The van der Waals surface area contributed by atoms with Crippen molar-refractivity contribution in [1.82, 2.24) is 9.78 Å². The first-order valence-electron chi connectivity index (χ1n) is 3.69. The summed E-state index contributed by atoms with van der Waals surface area (Å²) >= 11 is 0. The Morgan fingerprint density at radius 1 is 1.50 bits per heavy atom. The monoisotopic (exact) mass is 177 g/mol. The van der Waals surface area contributed by atoms with E-state index in [4.69, 9.17) is 0 Å². The minimum Gasteiger partial charge on any atom is -0.445 e. The molecular weight excluding hydrogens is 168 g/mol. The Morgan fingerprint density at radius 2 is 2.08 bits per heavy atom. The molecule has 0 radical (unpaired) electrons. The third-order valence-electron chi connectivity index (χ3n) is 1.79. The zero-order valence-corrected chi connectivity index (χ0v) is 6.89. The quantitative estimate of drug-likeness (QED) is 0.621. The summed E-state index contributed by atoms with van der Waals surface area (Å²) in [6.45, 7) is -1.24. The van der Waals surface area contributed by atoms with Crippen molar-refractivity contribution in [3.8, 4) is 0 Å². The van der Waals surface area contributed by atoms with Crippen LogP contribution in [-0.4, -0.2) is 16.8 Å². The van der Waals surface area contributed by atoms with Crippen LogP contribution in [0.25, 0.3) is 0 Å². The van der Waals surface area contributed by atoms with Gasteiger partial charge in [0.25, 0.3) is 0 Å². The van der Waals surface area contributed by atoms with Gasteiger partial charge < -0.3 is 12.9 Å². The number of nitrogens with zero attached hydrogens (tertiary/aromatic N) is 2. The second-order valence-electron chi connectivity index (χ2n) is 2.58. The summed E-state index contributed by atoms with van der Waals surface area (Å²) < 4.78 is 38.0. The van der Waals surface area contributed by atoms with E-state index in [1.165, 1.54) is 11.6 Å². The molecule has 0 atom stereocenters. The number of aryl methyl sites for hydroxylation is 1. The van der Waals surface area contributed by atoms with Crippen molar-refractivity contribution in [2.75, 3.05) is 0 Å². The average Bonchev–Trinajstić information content (AvgIpc) is 2.29. The van der Waals surface area contributed by atoms with Crippen LogP contribution in [0.2, 0.25) is 0 Å². The Balaban J connectivity index is 3.11. The molecule has 0 amide bonds. The molecule has 1 rings (SSSR count). The van der Waals surface area contributed by atoms with Crippen molar-refractivity contribution >= 4 is 12.4 Å². The topological polar surface area (TPSA) is 17.8 Å². The fourth-order valence-electron chi connectivity index (χ4n) is 1.10. The molecule has 0 bridgehead atoms. The maximum atomic E-state index is 12.2. The summed E-state index contributed by atoms with van der Waals surface area (Å²) in [5.41, 5.74) is -0.387. The summed E-state index contributed by atoms with van der Waals surface area (Å²) in [7, 11) is 0. The molecule has 1 aromatic heterocycles. The Bertz CT molecular complexity index is 279. The third kappa shape index (κ3) is 1.46. The average molecular weight is 177 g/mol. The maximum Gasteiger partial charge on any atom is 0.512 e. The predicted molar refractivity (Wildman–Crippen MR) is 41.4 cm³/mol. The van der Waals surface area contributed by atoms with Gasteiger partial charge in [0, 0.05) is 18.4 Å². The molecule has 0 saturated carbocycles. The number of aromatic nitrogens is 2. The molecule has 0 fully saturated rings. The lowest BCUT2D eigenvalue weighted by Gasteiger charge is -2.13. The van der Waals surface area contributed by atoms with Crippen LogP contribution in [0.15, 0.2) is 6.20 Å². The van der Waals surface area contributed by atoms with Crippen LogP contribution in [0.1, 0.15) is 12.6 Å². The van der Waals surface area contributed by atoms with Gasteiger partial charge in [-0.05, 0) is 13.8 Å². The van der Waals surface area contributed by atoms with Gasteiger partial charge in [-0.2, -0.15) is 5.10 Å². The molecule has 1 aromatic rings. The molecule has 68 valence electrons. The first kappa shape index (κ1) is 9.16. The van der Waals surface area contributed by atoms with Gasteiger partial charge in [0.05, 0.1) is 0 Å². The first-order valence-corrected chi connectivity index (χ1v) is 3.69. The number of hydrogen-bond donors (Lipinski definition) is 0. The normalized spacial score (nSPS) is 12.1.